The fraction of sp³-hybridized carbons (Fsp3) is 0.688. The highest BCUT2D eigenvalue weighted by Crippen LogP contribution is 2.75. The average Bonchev–Trinajstić information content (AvgIpc) is 3.39. The summed E-state index contributed by atoms with van der Waals surface area (Å²) in [4.78, 5) is 3.86. The molecule has 5 rings (SSSR count). The van der Waals surface area contributed by atoms with E-state index in [4.69, 9.17) is 9.66 Å². The first kappa shape index (κ1) is 20.8. The number of hydrogen-bond acceptors (Lipinski definition) is 7. The van der Waals surface area contributed by atoms with E-state index in [-0.39, 0.29) is 37.5 Å². The molecule has 0 aromatic carbocycles. The Hall–Kier alpha value is -2.13. The van der Waals surface area contributed by atoms with E-state index in [1.165, 1.54) is 0 Å². The van der Waals surface area contributed by atoms with E-state index in [9.17, 15) is 30.4 Å². The molecule has 3 fully saturated rings. The van der Waals surface area contributed by atoms with Crippen LogP contribution >= 0.6 is 0 Å². The molecule has 1 aliphatic heterocycles. The van der Waals surface area contributed by atoms with Crippen LogP contribution in [0.4, 0.5) is 22.0 Å². The van der Waals surface area contributed by atoms with Crippen molar-refractivity contribution in [3.8, 4) is 11.5 Å². The van der Waals surface area contributed by atoms with E-state index in [2.05, 4.69) is 19.8 Å². The lowest BCUT2D eigenvalue weighted by molar-refractivity contribution is -0.155. The van der Waals surface area contributed by atoms with Crippen LogP contribution < -0.4 is 5.14 Å². The molecule has 170 valence electrons. The molecule has 0 radical (unpaired) electrons. The maximum Gasteiger partial charge on any atom is 0.453 e. The smallest absolute Gasteiger partial charge is 0.350 e. The molecule has 0 unspecified atom stereocenters. The molecule has 1 atom stereocenters. The second-order valence-electron chi connectivity index (χ2n) is 8.16. The molecule has 1 spiro atoms. The van der Waals surface area contributed by atoms with Crippen LogP contribution in [0.5, 0.6) is 0 Å². The van der Waals surface area contributed by atoms with Gasteiger partial charge in [0, 0.05) is 19.0 Å². The van der Waals surface area contributed by atoms with Crippen LogP contribution in [-0.2, 0) is 16.4 Å². The summed E-state index contributed by atoms with van der Waals surface area (Å²) in [7, 11) is -4.00. The van der Waals surface area contributed by atoms with Crippen molar-refractivity contribution in [2.45, 2.75) is 49.6 Å². The monoisotopic (exact) mass is 469 g/mol. The van der Waals surface area contributed by atoms with Crippen molar-refractivity contribution in [3.05, 3.63) is 17.3 Å². The number of aromatic nitrogens is 3. The highest BCUT2D eigenvalue weighted by molar-refractivity contribution is 7.86. The zero-order valence-electron chi connectivity index (χ0n) is 15.7. The fourth-order valence-electron chi connectivity index (χ4n) is 4.47. The first-order chi connectivity index (χ1) is 14.4. The average molecular weight is 469 g/mol. The van der Waals surface area contributed by atoms with Gasteiger partial charge in [0.15, 0.2) is 5.82 Å². The fourth-order valence-corrected chi connectivity index (χ4v) is 5.16. The molecule has 3 heterocycles. The molecule has 3 aliphatic rings. The van der Waals surface area contributed by atoms with Crippen molar-refractivity contribution in [3.63, 3.8) is 0 Å². The molecule has 0 bridgehead atoms. The summed E-state index contributed by atoms with van der Waals surface area (Å²) in [6.07, 6.45) is -4.04. The Morgan fingerprint density at radius 2 is 1.74 bits per heavy atom. The summed E-state index contributed by atoms with van der Waals surface area (Å²) in [5.41, 5.74) is -2.10. The summed E-state index contributed by atoms with van der Waals surface area (Å²) in [5.74, 6) is -7.44. The molecule has 2 aromatic rings. The van der Waals surface area contributed by atoms with Gasteiger partial charge < -0.3 is 9.05 Å². The Labute approximate surface area is 171 Å². The van der Waals surface area contributed by atoms with Crippen molar-refractivity contribution in [1.82, 2.24) is 19.6 Å². The Morgan fingerprint density at radius 3 is 2.29 bits per heavy atom. The van der Waals surface area contributed by atoms with Gasteiger partial charge in [-0.15, -0.1) is 0 Å². The van der Waals surface area contributed by atoms with Crippen LogP contribution in [0.2, 0.25) is 0 Å². The van der Waals surface area contributed by atoms with Gasteiger partial charge in [-0.05, 0) is 25.7 Å². The molecule has 15 heteroatoms. The summed E-state index contributed by atoms with van der Waals surface area (Å²) in [6.45, 7) is -0.406. The molecule has 2 aliphatic carbocycles. The molecule has 31 heavy (non-hydrogen) atoms. The van der Waals surface area contributed by atoms with E-state index in [1.807, 2.05) is 0 Å². The minimum atomic E-state index is -4.88. The summed E-state index contributed by atoms with van der Waals surface area (Å²) in [5, 5.41) is 12.1. The lowest BCUT2D eigenvalue weighted by atomic mass is 9.91. The van der Waals surface area contributed by atoms with Gasteiger partial charge in [0.1, 0.15) is 11.3 Å². The predicted octanol–water partition coefficient (Wildman–Crippen LogP) is 2.64. The molecule has 2 saturated carbocycles. The largest absolute Gasteiger partial charge is 0.453 e. The van der Waals surface area contributed by atoms with Gasteiger partial charge in [-0.2, -0.15) is 30.9 Å². The third kappa shape index (κ3) is 3.08. The van der Waals surface area contributed by atoms with Gasteiger partial charge >= 0.3 is 6.18 Å². The van der Waals surface area contributed by atoms with Crippen molar-refractivity contribution < 1.29 is 39.4 Å². The SMILES string of the molecule is NS(=O)(=O)N1CCC2(CC1)[C@H](c1noc(-c3c(C4CC4)noc3C(F)(F)F)n1)C2(F)F. The summed E-state index contributed by atoms with van der Waals surface area (Å²) in [6, 6.07) is 0. The van der Waals surface area contributed by atoms with Gasteiger partial charge in [-0.25, -0.2) is 13.9 Å². The van der Waals surface area contributed by atoms with Gasteiger partial charge in [0.25, 0.3) is 27.8 Å². The van der Waals surface area contributed by atoms with E-state index in [0.29, 0.717) is 12.8 Å². The van der Waals surface area contributed by atoms with Crippen LogP contribution in [0.15, 0.2) is 9.05 Å². The molecule has 9 nitrogen and oxygen atoms in total. The number of alkyl halides is 5. The number of piperidine rings is 1. The van der Waals surface area contributed by atoms with Gasteiger partial charge in [-0.3, -0.25) is 0 Å². The predicted molar refractivity (Wildman–Crippen MR) is 90.8 cm³/mol. The molecular formula is C16H16F5N5O4S. The quantitative estimate of drug-likeness (QED) is 0.682. The molecular weight excluding hydrogens is 453 g/mol. The number of nitrogens with two attached hydrogens (primary N) is 1. The first-order valence-electron chi connectivity index (χ1n) is 9.43. The van der Waals surface area contributed by atoms with E-state index in [0.717, 1.165) is 4.31 Å². The van der Waals surface area contributed by atoms with E-state index in [1.54, 1.807) is 0 Å². The second-order valence-corrected chi connectivity index (χ2v) is 9.70. The highest BCUT2D eigenvalue weighted by atomic mass is 32.2. The Balaban J connectivity index is 1.46. The third-order valence-corrected chi connectivity index (χ3v) is 7.41. The number of hydrogen-bond donors (Lipinski definition) is 1. The van der Waals surface area contributed by atoms with Crippen LogP contribution in [-0.4, -0.2) is 47.0 Å². The Morgan fingerprint density at radius 1 is 1.10 bits per heavy atom. The molecule has 0 amide bonds. The zero-order chi connectivity index (χ0) is 22.4. The summed E-state index contributed by atoms with van der Waals surface area (Å²) < 4.78 is 103. The van der Waals surface area contributed by atoms with Crippen molar-refractivity contribution >= 4 is 10.2 Å². The number of halogens is 5. The van der Waals surface area contributed by atoms with Crippen molar-refractivity contribution in [2.75, 3.05) is 13.1 Å². The minimum absolute atomic E-state index is 0.0151. The maximum absolute atomic E-state index is 14.8. The minimum Gasteiger partial charge on any atom is -0.350 e. The lowest BCUT2D eigenvalue weighted by Crippen LogP contribution is -2.43. The normalized spacial score (nSPS) is 25.8. The van der Waals surface area contributed by atoms with Crippen LogP contribution in [0, 0.1) is 5.41 Å². The standard InChI is InChI=1S/C16H16F5N5O4S/c17-15(18)10(14(15)3-5-26(6-4-14)31(22,27)28)12-23-13(30-25-12)8-9(7-1-2-7)24-29-11(8)16(19,20)21/h7,10H,1-6H2,(H2,22,27,28)/t10-/m0/s1. The van der Waals surface area contributed by atoms with Crippen molar-refractivity contribution in [2.24, 2.45) is 10.6 Å². The third-order valence-electron chi connectivity index (χ3n) is 6.32. The topological polar surface area (TPSA) is 128 Å². The maximum atomic E-state index is 14.8. The lowest BCUT2D eigenvalue weighted by Gasteiger charge is -2.30. The molecule has 1 saturated heterocycles. The van der Waals surface area contributed by atoms with E-state index >= 15 is 0 Å². The van der Waals surface area contributed by atoms with Gasteiger partial charge in [0.2, 0.25) is 0 Å². The Kier molecular flexibility index (Phi) is 4.17. The van der Waals surface area contributed by atoms with Crippen LogP contribution in [0.1, 0.15) is 54.8 Å². The van der Waals surface area contributed by atoms with Gasteiger partial charge in [0.05, 0.1) is 11.3 Å². The second kappa shape index (κ2) is 6.22. The number of rotatable bonds is 4. The van der Waals surface area contributed by atoms with Crippen LogP contribution in [0.25, 0.3) is 11.5 Å². The molecule has 2 aromatic heterocycles. The Bertz CT molecular complexity index is 1130. The zero-order valence-corrected chi connectivity index (χ0v) is 16.5. The van der Waals surface area contributed by atoms with Crippen molar-refractivity contribution in [1.29, 1.82) is 0 Å². The highest BCUT2D eigenvalue weighted by Gasteiger charge is 2.82. The first-order valence-corrected chi connectivity index (χ1v) is 10.9. The number of nitrogens with zero attached hydrogens (tertiary/aromatic N) is 4. The summed E-state index contributed by atoms with van der Waals surface area (Å²) >= 11 is 0. The molecule has 2 N–H and O–H groups in total. The van der Waals surface area contributed by atoms with Gasteiger partial charge in [-0.1, -0.05) is 10.3 Å². The van der Waals surface area contributed by atoms with Crippen LogP contribution in [0.3, 0.4) is 0 Å². The van der Waals surface area contributed by atoms with E-state index < -0.39 is 56.7 Å².